The zero-order valence-corrected chi connectivity index (χ0v) is 14.7. The first-order chi connectivity index (χ1) is 12.5. The summed E-state index contributed by atoms with van der Waals surface area (Å²) >= 11 is 5.98. The summed E-state index contributed by atoms with van der Waals surface area (Å²) in [7, 11) is 1.59. The van der Waals surface area contributed by atoms with Gasteiger partial charge in [-0.05, 0) is 36.4 Å². The van der Waals surface area contributed by atoms with Crippen molar-refractivity contribution in [3.05, 3.63) is 75.4 Å². The van der Waals surface area contributed by atoms with Crippen molar-refractivity contribution in [2.75, 3.05) is 6.54 Å². The number of nitrogens with one attached hydrogen (secondary N) is 1. The Bertz CT molecular complexity index is 995. The van der Waals surface area contributed by atoms with Crippen LogP contribution in [0.25, 0.3) is 11.4 Å². The summed E-state index contributed by atoms with van der Waals surface area (Å²) < 4.78 is 15.7. The Balaban J connectivity index is 1.70. The Morgan fingerprint density at radius 3 is 2.58 bits per heavy atom. The minimum Gasteiger partial charge on any atom is -0.350 e. The van der Waals surface area contributed by atoms with E-state index in [1.165, 1.54) is 21.4 Å². The van der Waals surface area contributed by atoms with Gasteiger partial charge in [0.25, 0.3) is 5.91 Å². The fourth-order valence-electron chi connectivity index (χ4n) is 2.50. The Morgan fingerprint density at radius 2 is 1.88 bits per heavy atom. The number of rotatable bonds is 5. The SMILES string of the molecule is Cn1c(-c2ccc(F)cc2)nn(CCNC(=O)c2ccccc2Cl)c1=O. The predicted octanol–water partition coefficient (Wildman–Crippen LogP) is 2.47. The lowest BCUT2D eigenvalue weighted by molar-refractivity contribution is 0.0952. The molecule has 3 aromatic rings. The normalized spacial score (nSPS) is 10.7. The van der Waals surface area contributed by atoms with Gasteiger partial charge in [-0.15, -0.1) is 5.10 Å². The summed E-state index contributed by atoms with van der Waals surface area (Å²) in [6.45, 7) is 0.411. The van der Waals surface area contributed by atoms with Crippen molar-refractivity contribution in [2.24, 2.45) is 7.05 Å². The Morgan fingerprint density at radius 1 is 1.19 bits per heavy atom. The fraction of sp³-hybridized carbons (Fsp3) is 0.167. The highest BCUT2D eigenvalue weighted by molar-refractivity contribution is 6.33. The minimum absolute atomic E-state index is 0.198. The molecule has 0 saturated carbocycles. The predicted molar refractivity (Wildman–Crippen MR) is 96.6 cm³/mol. The van der Waals surface area contributed by atoms with E-state index in [1.54, 1.807) is 43.4 Å². The van der Waals surface area contributed by atoms with Crippen molar-refractivity contribution < 1.29 is 9.18 Å². The fourth-order valence-corrected chi connectivity index (χ4v) is 2.72. The molecule has 0 aliphatic rings. The van der Waals surface area contributed by atoms with E-state index in [9.17, 15) is 14.0 Å². The maximum absolute atomic E-state index is 13.1. The standard InChI is InChI=1S/C18H16ClFN4O2/c1-23-16(12-6-8-13(20)9-7-12)22-24(18(23)26)11-10-21-17(25)14-4-2-3-5-15(14)19/h2-9H,10-11H2,1H3,(H,21,25). The largest absolute Gasteiger partial charge is 0.350 e. The second-order valence-electron chi connectivity index (χ2n) is 5.63. The first-order valence-corrected chi connectivity index (χ1v) is 8.27. The second-order valence-corrected chi connectivity index (χ2v) is 6.04. The van der Waals surface area contributed by atoms with Crippen LogP contribution in [-0.2, 0) is 13.6 Å². The number of benzene rings is 2. The maximum Gasteiger partial charge on any atom is 0.345 e. The van der Waals surface area contributed by atoms with Gasteiger partial charge in [0.15, 0.2) is 5.82 Å². The first-order valence-electron chi connectivity index (χ1n) is 7.90. The van der Waals surface area contributed by atoms with Crippen LogP contribution in [0.2, 0.25) is 5.02 Å². The van der Waals surface area contributed by atoms with E-state index < -0.39 is 0 Å². The van der Waals surface area contributed by atoms with Gasteiger partial charge in [0, 0.05) is 19.2 Å². The molecular formula is C18H16ClFN4O2. The quantitative estimate of drug-likeness (QED) is 0.746. The molecule has 0 spiro atoms. The second kappa shape index (κ2) is 7.53. The molecule has 0 aliphatic carbocycles. The zero-order valence-electron chi connectivity index (χ0n) is 13.9. The van der Waals surface area contributed by atoms with Gasteiger partial charge in [-0.2, -0.15) is 0 Å². The number of amides is 1. The molecule has 1 heterocycles. The number of carbonyl (C=O) groups excluding carboxylic acids is 1. The average Bonchev–Trinajstić information content (AvgIpc) is 2.91. The Labute approximate surface area is 153 Å². The number of hydrogen-bond donors (Lipinski definition) is 1. The minimum atomic E-state index is -0.361. The molecule has 0 saturated heterocycles. The van der Waals surface area contributed by atoms with Crippen LogP contribution in [0, 0.1) is 5.82 Å². The molecule has 134 valence electrons. The van der Waals surface area contributed by atoms with Crippen LogP contribution in [0.3, 0.4) is 0 Å². The Kier molecular flexibility index (Phi) is 5.18. The van der Waals surface area contributed by atoms with Gasteiger partial charge in [0.1, 0.15) is 5.82 Å². The lowest BCUT2D eigenvalue weighted by atomic mass is 10.2. The molecule has 1 amide bonds. The molecule has 0 aliphatic heterocycles. The van der Waals surface area contributed by atoms with Gasteiger partial charge in [-0.3, -0.25) is 9.36 Å². The smallest absolute Gasteiger partial charge is 0.345 e. The lowest BCUT2D eigenvalue weighted by Gasteiger charge is -2.06. The molecular weight excluding hydrogens is 359 g/mol. The molecule has 26 heavy (non-hydrogen) atoms. The molecule has 0 radical (unpaired) electrons. The van der Waals surface area contributed by atoms with Crippen LogP contribution in [-0.4, -0.2) is 26.8 Å². The molecule has 8 heteroatoms. The van der Waals surface area contributed by atoms with Gasteiger partial charge < -0.3 is 5.32 Å². The van der Waals surface area contributed by atoms with Crippen LogP contribution in [0.15, 0.2) is 53.3 Å². The molecule has 1 N–H and O–H groups in total. The average molecular weight is 375 g/mol. The number of hydrogen-bond acceptors (Lipinski definition) is 3. The number of aromatic nitrogens is 3. The Hall–Kier alpha value is -2.93. The van der Waals surface area contributed by atoms with E-state index in [0.29, 0.717) is 22.0 Å². The van der Waals surface area contributed by atoms with Gasteiger partial charge >= 0.3 is 5.69 Å². The van der Waals surface area contributed by atoms with Gasteiger partial charge in [-0.1, -0.05) is 23.7 Å². The van der Waals surface area contributed by atoms with Crippen molar-refractivity contribution in [2.45, 2.75) is 6.54 Å². The number of nitrogens with zero attached hydrogens (tertiary/aromatic N) is 3. The third-order valence-corrected chi connectivity index (χ3v) is 4.20. The van der Waals surface area contributed by atoms with Crippen LogP contribution in [0.1, 0.15) is 10.4 Å². The summed E-state index contributed by atoms with van der Waals surface area (Å²) in [5.74, 6) is -0.258. The van der Waals surface area contributed by atoms with Crippen LogP contribution >= 0.6 is 11.6 Å². The summed E-state index contributed by atoms with van der Waals surface area (Å²) in [5.41, 5.74) is 0.677. The molecule has 6 nitrogen and oxygen atoms in total. The summed E-state index contributed by atoms with van der Waals surface area (Å²) in [6, 6.07) is 12.4. The molecule has 2 aromatic carbocycles. The van der Waals surface area contributed by atoms with Crippen molar-refractivity contribution in [3.8, 4) is 11.4 Å². The van der Waals surface area contributed by atoms with E-state index in [2.05, 4.69) is 10.4 Å². The van der Waals surface area contributed by atoms with E-state index >= 15 is 0 Å². The van der Waals surface area contributed by atoms with E-state index in [1.807, 2.05) is 0 Å². The highest BCUT2D eigenvalue weighted by Gasteiger charge is 2.13. The topological polar surface area (TPSA) is 68.9 Å². The first kappa shape index (κ1) is 17.9. The molecule has 1 aromatic heterocycles. The summed E-state index contributed by atoms with van der Waals surface area (Å²) in [4.78, 5) is 24.4. The van der Waals surface area contributed by atoms with E-state index in [0.717, 1.165) is 0 Å². The van der Waals surface area contributed by atoms with Crippen molar-refractivity contribution in [3.63, 3.8) is 0 Å². The molecule has 0 bridgehead atoms. The van der Waals surface area contributed by atoms with Crippen LogP contribution < -0.4 is 11.0 Å². The molecule has 0 unspecified atom stereocenters. The van der Waals surface area contributed by atoms with E-state index in [-0.39, 0.29) is 30.5 Å². The molecule has 0 atom stereocenters. The number of carbonyl (C=O) groups is 1. The van der Waals surface area contributed by atoms with Gasteiger partial charge in [0.05, 0.1) is 17.1 Å². The maximum atomic E-state index is 13.1. The van der Waals surface area contributed by atoms with Crippen LogP contribution in [0.5, 0.6) is 0 Å². The van der Waals surface area contributed by atoms with Crippen LogP contribution in [0.4, 0.5) is 4.39 Å². The van der Waals surface area contributed by atoms with E-state index in [4.69, 9.17) is 11.6 Å². The van der Waals surface area contributed by atoms with Crippen molar-refractivity contribution >= 4 is 17.5 Å². The molecule has 3 rings (SSSR count). The monoisotopic (exact) mass is 374 g/mol. The third-order valence-electron chi connectivity index (χ3n) is 3.87. The highest BCUT2D eigenvalue weighted by atomic mass is 35.5. The summed E-state index contributed by atoms with van der Waals surface area (Å²) in [6.07, 6.45) is 0. The van der Waals surface area contributed by atoms with Gasteiger partial charge in [0.2, 0.25) is 0 Å². The van der Waals surface area contributed by atoms with Gasteiger partial charge in [-0.25, -0.2) is 13.9 Å². The van der Waals surface area contributed by atoms with Crippen molar-refractivity contribution in [1.82, 2.24) is 19.7 Å². The third kappa shape index (κ3) is 3.67. The lowest BCUT2D eigenvalue weighted by Crippen LogP contribution is -2.31. The molecule has 0 fully saturated rings. The summed E-state index contributed by atoms with van der Waals surface area (Å²) in [5, 5.41) is 7.33. The van der Waals surface area contributed by atoms with Crippen molar-refractivity contribution in [1.29, 1.82) is 0 Å². The zero-order chi connectivity index (χ0) is 18.7. The number of halogens is 2. The highest BCUT2D eigenvalue weighted by Crippen LogP contribution is 2.16.